The Balaban J connectivity index is 1.90. The summed E-state index contributed by atoms with van der Waals surface area (Å²) in [5, 5.41) is 0.988. The van der Waals surface area contributed by atoms with Crippen molar-refractivity contribution in [2.45, 2.75) is 39.6 Å². The number of rotatable bonds is 6. The van der Waals surface area contributed by atoms with Gasteiger partial charge in [0.25, 0.3) is 5.56 Å². The second kappa shape index (κ2) is 9.29. The van der Waals surface area contributed by atoms with Crippen LogP contribution in [0, 0.1) is 18.8 Å². The zero-order valence-corrected chi connectivity index (χ0v) is 20.2. The standard InChI is InChI=1S/C24H30N8O2/c1-6-7-12-31-20-21(33)28-23(34)30(5)22(20)32(24(31)29(4)13-15(2)25)14-19-26-16(3)17-10-8-9-11-18(17)27-19/h8-11,15,24H,12-14,25H2,1-5H3,(H,28,33,34). The van der Waals surface area contributed by atoms with E-state index in [4.69, 9.17) is 15.7 Å². The Kier molecular flexibility index (Phi) is 6.41. The third-order valence-electron chi connectivity index (χ3n) is 5.93. The lowest BCUT2D eigenvalue weighted by atomic mass is 10.2. The van der Waals surface area contributed by atoms with Crippen LogP contribution in [0.15, 0.2) is 33.9 Å². The van der Waals surface area contributed by atoms with Gasteiger partial charge >= 0.3 is 5.69 Å². The number of nitrogens with zero attached hydrogens (tertiary/aromatic N) is 6. The second-order valence-electron chi connectivity index (χ2n) is 8.68. The van der Waals surface area contributed by atoms with Crippen molar-refractivity contribution < 1.29 is 0 Å². The van der Waals surface area contributed by atoms with E-state index in [9.17, 15) is 9.59 Å². The summed E-state index contributed by atoms with van der Waals surface area (Å²) >= 11 is 0. The molecule has 10 heteroatoms. The van der Waals surface area contributed by atoms with Gasteiger partial charge in [-0.05, 0) is 33.9 Å². The number of hydrogen-bond donors (Lipinski definition) is 2. The quantitative estimate of drug-likeness (QED) is 0.515. The molecule has 34 heavy (non-hydrogen) atoms. The Morgan fingerprint density at radius 3 is 2.68 bits per heavy atom. The predicted molar refractivity (Wildman–Crippen MR) is 134 cm³/mol. The van der Waals surface area contributed by atoms with Crippen molar-refractivity contribution in [1.82, 2.24) is 24.4 Å². The van der Waals surface area contributed by atoms with Gasteiger partial charge in [-0.1, -0.05) is 24.1 Å². The fraction of sp³-hybridized carbons (Fsp3) is 0.417. The molecule has 2 atom stereocenters. The molecule has 0 aliphatic carbocycles. The molecule has 3 aromatic rings. The number of aryl methyl sites for hydroxylation is 1. The molecule has 0 bridgehead atoms. The first-order valence-electron chi connectivity index (χ1n) is 11.2. The van der Waals surface area contributed by atoms with Gasteiger partial charge in [-0.2, -0.15) is 0 Å². The smallest absolute Gasteiger partial charge is 0.327 e. The van der Waals surface area contributed by atoms with Crippen molar-refractivity contribution in [2.75, 3.05) is 29.9 Å². The van der Waals surface area contributed by atoms with E-state index >= 15 is 0 Å². The molecule has 0 fully saturated rings. The largest absolute Gasteiger partial charge is 0.329 e. The fourth-order valence-corrected chi connectivity index (χ4v) is 4.60. The Hall–Kier alpha value is -3.68. The molecule has 1 aliphatic rings. The molecule has 10 nitrogen and oxygen atoms in total. The maximum atomic E-state index is 13.0. The maximum absolute atomic E-state index is 13.0. The van der Waals surface area contributed by atoms with Crippen LogP contribution in [0.25, 0.3) is 10.9 Å². The zero-order valence-electron chi connectivity index (χ0n) is 20.2. The first kappa shape index (κ1) is 23.5. The van der Waals surface area contributed by atoms with E-state index in [1.165, 1.54) is 4.57 Å². The minimum Gasteiger partial charge on any atom is -0.327 e. The summed E-state index contributed by atoms with van der Waals surface area (Å²) in [4.78, 5) is 43.5. The lowest BCUT2D eigenvalue weighted by molar-refractivity contribution is 0.224. The summed E-state index contributed by atoms with van der Waals surface area (Å²) in [6.07, 6.45) is -0.411. The molecule has 0 spiro atoms. The molecule has 1 aromatic carbocycles. The number of fused-ring (bicyclic) bond motifs is 2. The average Bonchev–Trinajstić information content (AvgIpc) is 3.10. The second-order valence-corrected chi connectivity index (χ2v) is 8.68. The van der Waals surface area contributed by atoms with Crippen LogP contribution in [0.4, 0.5) is 11.5 Å². The first-order chi connectivity index (χ1) is 16.2. The number of hydrogen-bond acceptors (Lipinski definition) is 8. The molecule has 0 amide bonds. The third kappa shape index (κ3) is 4.16. The van der Waals surface area contributed by atoms with Gasteiger partial charge in [0.1, 0.15) is 17.3 Å². The van der Waals surface area contributed by atoms with Crippen molar-refractivity contribution in [2.24, 2.45) is 12.8 Å². The summed E-state index contributed by atoms with van der Waals surface area (Å²) in [7, 11) is 3.59. The van der Waals surface area contributed by atoms with Gasteiger partial charge in [0, 0.05) is 30.7 Å². The summed E-state index contributed by atoms with van der Waals surface area (Å²) < 4.78 is 1.46. The summed E-state index contributed by atoms with van der Waals surface area (Å²) in [6, 6.07) is 7.75. The van der Waals surface area contributed by atoms with Gasteiger partial charge in [-0.3, -0.25) is 19.2 Å². The number of nitrogens with one attached hydrogen (secondary N) is 1. The molecule has 3 N–H and O–H groups in total. The number of likely N-dealkylation sites (N-methyl/N-ethyl adjacent to an activating group) is 1. The van der Waals surface area contributed by atoms with E-state index < -0.39 is 17.5 Å². The van der Waals surface area contributed by atoms with Crippen molar-refractivity contribution in [3.05, 3.63) is 56.6 Å². The van der Waals surface area contributed by atoms with Crippen LogP contribution in [0.2, 0.25) is 0 Å². The highest BCUT2D eigenvalue weighted by atomic mass is 16.2. The average molecular weight is 463 g/mol. The van der Waals surface area contributed by atoms with E-state index in [0.717, 1.165) is 16.6 Å². The minimum absolute atomic E-state index is 0.101. The Labute approximate surface area is 198 Å². The first-order valence-corrected chi connectivity index (χ1v) is 11.2. The molecule has 2 unspecified atom stereocenters. The molecule has 1 aliphatic heterocycles. The lowest BCUT2D eigenvalue weighted by Gasteiger charge is -2.38. The number of nitrogens with two attached hydrogens (primary N) is 1. The van der Waals surface area contributed by atoms with Crippen LogP contribution in [-0.4, -0.2) is 56.9 Å². The van der Waals surface area contributed by atoms with E-state index in [1.807, 2.05) is 55.0 Å². The van der Waals surface area contributed by atoms with Crippen LogP contribution in [0.1, 0.15) is 25.4 Å². The highest BCUT2D eigenvalue weighted by Crippen LogP contribution is 2.37. The van der Waals surface area contributed by atoms with Crippen molar-refractivity contribution in [3.63, 3.8) is 0 Å². The third-order valence-corrected chi connectivity index (χ3v) is 5.93. The predicted octanol–water partition coefficient (Wildman–Crippen LogP) is 0.738. The summed E-state index contributed by atoms with van der Waals surface area (Å²) in [5.41, 5.74) is 7.29. The van der Waals surface area contributed by atoms with Crippen LogP contribution in [0.3, 0.4) is 0 Å². The Morgan fingerprint density at radius 2 is 1.97 bits per heavy atom. The molecular formula is C24H30N8O2. The number of aromatic nitrogens is 4. The molecule has 2 aromatic heterocycles. The van der Waals surface area contributed by atoms with Gasteiger partial charge in [0.15, 0.2) is 6.29 Å². The normalized spacial score (nSPS) is 16.0. The lowest BCUT2D eigenvalue weighted by Crippen LogP contribution is -2.56. The highest BCUT2D eigenvalue weighted by Gasteiger charge is 2.42. The number of aromatic amines is 1. The topological polar surface area (TPSA) is 116 Å². The molecule has 0 saturated carbocycles. The van der Waals surface area contributed by atoms with Gasteiger partial charge in [-0.25, -0.2) is 14.8 Å². The molecule has 3 heterocycles. The fourth-order valence-electron chi connectivity index (χ4n) is 4.60. The number of H-pyrrole nitrogens is 1. The Morgan fingerprint density at radius 1 is 1.24 bits per heavy atom. The van der Waals surface area contributed by atoms with Crippen molar-refractivity contribution >= 4 is 22.4 Å². The molecule has 0 radical (unpaired) electrons. The van der Waals surface area contributed by atoms with Crippen molar-refractivity contribution in [1.29, 1.82) is 0 Å². The molecular weight excluding hydrogens is 432 g/mol. The maximum Gasteiger partial charge on any atom is 0.329 e. The molecule has 0 saturated heterocycles. The van der Waals surface area contributed by atoms with Crippen molar-refractivity contribution in [3.8, 4) is 11.8 Å². The van der Waals surface area contributed by atoms with Gasteiger partial charge in [-0.15, -0.1) is 5.92 Å². The summed E-state index contributed by atoms with van der Waals surface area (Å²) in [5.74, 6) is 7.07. The summed E-state index contributed by atoms with van der Waals surface area (Å²) in [6.45, 7) is 6.80. The number of anilines is 2. The van der Waals surface area contributed by atoms with E-state index in [0.29, 0.717) is 37.0 Å². The Bertz CT molecular complexity index is 1400. The van der Waals surface area contributed by atoms with E-state index in [1.54, 1.807) is 14.0 Å². The monoisotopic (exact) mass is 462 g/mol. The van der Waals surface area contributed by atoms with E-state index in [-0.39, 0.29) is 6.04 Å². The van der Waals surface area contributed by atoms with Crippen LogP contribution < -0.4 is 26.8 Å². The van der Waals surface area contributed by atoms with Crippen LogP contribution in [-0.2, 0) is 13.6 Å². The number of para-hydroxylation sites is 1. The van der Waals surface area contributed by atoms with E-state index in [2.05, 4.69) is 21.7 Å². The van der Waals surface area contributed by atoms with Gasteiger partial charge in [0.05, 0.1) is 18.6 Å². The molecule has 178 valence electrons. The van der Waals surface area contributed by atoms with Gasteiger partial charge < -0.3 is 15.5 Å². The van der Waals surface area contributed by atoms with Crippen LogP contribution >= 0.6 is 0 Å². The zero-order chi connectivity index (χ0) is 24.6. The minimum atomic E-state index is -0.485. The highest BCUT2D eigenvalue weighted by molar-refractivity contribution is 5.80. The number of benzene rings is 1. The molecule has 4 rings (SSSR count). The van der Waals surface area contributed by atoms with Crippen LogP contribution in [0.5, 0.6) is 0 Å². The SMILES string of the molecule is CC#CCN1c2c(n(C)c(=O)[nH]c2=O)N(Cc2nc(C)c3ccccc3n2)C1N(C)CC(C)N. The van der Waals surface area contributed by atoms with Gasteiger partial charge in [0.2, 0.25) is 0 Å².